The molecular formula is C51H31N3O2. The summed E-state index contributed by atoms with van der Waals surface area (Å²) in [4.78, 5) is 15.6. The van der Waals surface area contributed by atoms with Gasteiger partial charge in [0.25, 0.3) is 0 Å². The molecule has 0 spiro atoms. The third-order valence-corrected chi connectivity index (χ3v) is 10.6. The van der Waals surface area contributed by atoms with Gasteiger partial charge < -0.3 is 8.83 Å². The molecule has 56 heavy (non-hydrogen) atoms. The molecule has 0 saturated carbocycles. The van der Waals surface area contributed by atoms with Crippen LogP contribution in [-0.2, 0) is 0 Å². The van der Waals surface area contributed by atoms with Crippen molar-refractivity contribution in [3.63, 3.8) is 0 Å². The van der Waals surface area contributed by atoms with E-state index < -0.39 is 0 Å². The molecule has 0 aliphatic rings. The molecule has 3 heterocycles. The van der Waals surface area contributed by atoms with Crippen LogP contribution in [0.4, 0.5) is 0 Å². The Kier molecular flexibility index (Phi) is 7.42. The number of hydrogen-bond acceptors (Lipinski definition) is 5. The Bertz CT molecular complexity index is 3220. The quantitative estimate of drug-likeness (QED) is 0.171. The van der Waals surface area contributed by atoms with E-state index in [4.69, 9.17) is 23.8 Å². The monoisotopic (exact) mass is 717 g/mol. The normalized spacial score (nSPS) is 11.6. The second kappa shape index (κ2) is 13.0. The molecule has 0 saturated heterocycles. The van der Waals surface area contributed by atoms with Crippen molar-refractivity contribution >= 4 is 43.9 Å². The van der Waals surface area contributed by atoms with Crippen LogP contribution in [0, 0.1) is 0 Å². The summed E-state index contributed by atoms with van der Waals surface area (Å²) in [6.45, 7) is 0. The highest BCUT2D eigenvalue weighted by Gasteiger charge is 2.21. The highest BCUT2D eigenvalue weighted by Crippen LogP contribution is 2.42. The van der Waals surface area contributed by atoms with E-state index in [9.17, 15) is 0 Å². The van der Waals surface area contributed by atoms with E-state index >= 15 is 0 Å². The highest BCUT2D eigenvalue weighted by molar-refractivity contribution is 6.17. The molecular weight excluding hydrogens is 687 g/mol. The van der Waals surface area contributed by atoms with Crippen LogP contribution in [0.3, 0.4) is 0 Å². The molecule has 0 bridgehead atoms. The third kappa shape index (κ3) is 5.37. The molecule has 0 fully saturated rings. The second-order valence-corrected chi connectivity index (χ2v) is 13.9. The number of rotatable bonds is 6. The Morgan fingerprint density at radius 3 is 1.32 bits per heavy atom. The van der Waals surface area contributed by atoms with Gasteiger partial charge in [0, 0.05) is 38.2 Å². The Balaban J connectivity index is 1.12. The summed E-state index contributed by atoms with van der Waals surface area (Å²) < 4.78 is 13.0. The average molecular weight is 718 g/mol. The Morgan fingerprint density at radius 1 is 0.268 bits per heavy atom. The van der Waals surface area contributed by atoms with Crippen LogP contribution < -0.4 is 0 Å². The zero-order chi connectivity index (χ0) is 37.0. The fourth-order valence-electron chi connectivity index (χ4n) is 7.93. The number of fused-ring (bicyclic) bond motifs is 6. The molecule has 0 amide bonds. The van der Waals surface area contributed by atoms with Crippen LogP contribution in [0.2, 0.25) is 0 Å². The Hall–Kier alpha value is -7.63. The van der Waals surface area contributed by atoms with Crippen molar-refractivity contribution in [2.24, 2.45) is 0 Å². The first-order chi connectivity index (χ1) is 27.7. The van der Waals surface area contributed by atoms with Gasteiger partial charge in [-0.25, -0.2) is 15.0 Å². The topological polar surface area (TPSA) is 65.0 Å². The number of furan rings is 2. The SMILES string of the molecule is c1ccc(-c2ccc(-c3nc(-c4ccc5c(c4)oc4cccc(-c6ccccc6)c45)nc(-c4cccc5oc6cccc(-c7ccccc7)c6c45)n3)cc2)cc1. The van der Waals surface area contributed by atoms with Crippen LogP contribution in [0.5, 0.6) is 0 Å². The molecule has 262 valence electrons. The van der Waals surface area contributed by atoms with E-state index in [2.05, 4.69) is 127 Å². The summed E-state index contributed by atoms with van der Waals surface area (Å²) in [5.74, 6) is 1.69. The van der Waals surface area contributed by atoms with E-state index in [1.165, 1.54) is 0 Å². The zero-order valence-corrected chi connectivity index (χ0v) is 30.1. The fourth-order valence-corrected chi connectivity index (χ4v) is 7.93. The van der Waals surface area contributed by atoms with Crippen molar-refractivity contribution in [2.45, 2.75) is 0 Å². The smallest absolute Gasteiger partial charge is 0.164 e. The number of benzene rings is 8. The molecule has 5 heteroatoms. The van der Waals surface area contributed by atoms with Gasteiger partial charge in [-0.15, -0.1) is 0 Å². The van der Waals surface area contributed by atoms with Crippen molar-refractivity contribution in [1.29, 1.82) is 0 Å². The molecule has 0 aliphatic carbocycles. The zero-order valence-electron chi connectivity index (χ0n) is 30.1. The van der Waals surface area contributed by atoms with Crippen LogP contribution in [0.1, 0.15) is 0 Å². The van der Waals surface area contributed by atoms with E-state index in [1.807, 2.05) is 60.7 Å². The van der Waals surface area contributed by atoms with Crippen molar-refractivity contribution in [1.82, 2.24) is 15.0 Å². The molecule has 8 aromatic carbocycles. The lowest BCUT2D eigenvalue weighted by atomic mass is 9.97. The minimum Gasteiger partial charge on any atom is -0.456 e. The molecule has 11 aromatic rings. The first-order valence-corrected chi connectivity index (χ1v) is 18.7. The summed E-state index contributed by atoms with van der Waals surface area (Å²) in [6.07, 6.45) is 0. The van der Waals surface area contributed by atoms with Crippen LogP contribution in [0.15, 0.2) is 197 Å². The van der Waals surface area contributed by atoms with Gasteiger partial charge in [-0.1, -0.05) is 158 Å². The summed E-state index contributed by atoms with van der Waals surface area (Å²) in [6, 6.07) is 64.4. The summed E-state index contributed by atoms with van der Waals surface area (Å²) in [5, 5.41) is 4.12. The fraction of sp³-hybridized carbons (Fsp3) is 0. The van der Waals surface area contributed by atoms with E-state index in [1.54, 1.807) is 0 Å². The molecule has 5 nitrogen and oxygen atoms in total. The maximum atomic E-state index is 6.53. The minimum atomic E-state index is 0.552. The molecule has 0 atom stereocenters. The molecule has 11 rings (SSSR count). The molecule has 0 aliphatic heterocycles. The van der Waals surface area contributed by atoms with Crippen LogP contribution in [0.25, 0.3) is 111 Å². The van der Waals surface area contributed by atoms with E-state index in [0.717, 1.165) is 93.9 Å². The largest absolute Gasteiger partial charge is 0.456 e. The van der Waals surface area contributed by atoms with E-state index in [0.29, 0.717) is 17.5 Å². The van der Waals surface area contributed by atoms with Gasteiger partial charge in [0.2, 0.25) is 0 Å². The molecule has 0 unspecified atom stereocenters. The lowest BCUT2D eigenvalue weighted by Crippen LogP contribution is -2.00. The van der Waals surface area contributed by atoms with E-state index in [-0.39, 0.29) is 0 Å². The highest BCUT2D eigenvalue weighted by atomic mass is 16.3. The minimum absolute atomic E-state index is 0.552. The van der Waals surface area contributed by atoms with Crippen LogP contribution in [-0.4, -0.2) is 15.0 Å². The maximum absolute atomic E-state index is 6.53. The van der Waals surface area contributed by atoms with Crippen LogP contribution >= 0.6 is 0 Å². The first kappa shape index (κ1) is 31.9. The van der Waals surface area contributed by atoms with Crippen molar-refractivity contribution < 1.29 is 8.83 Å². The van der Waals surface area contributed by atoms with Gasteiger partial charge in [-0.3, -0.25) is 0 Å². The van der Waals surface area contributed by atoms with Crippen molar-refractivity contribution in [3.05, 3.63) is 188 Å². The van der Waals surface area contributed by atoms with Gasteiger partial charge >= 0.3 is 0 Å². The van der Waals surface area contributed by atoms with Gasteiger partial charge in [-0.2, -0.15) is 0 Å². The van der Waals surface area contributed by atoms with Crippen molar-refractivity contribution in [2.75, 3.05) is 0 Å². The first-order valence-electron chi connectivity index (χ1n) is 18.7. The summed E-state index contributed by atoms with van der Waals surface area (Å²) >= 11 is 0. The summed E-state index contributed by atoms with van der Waals surface area (Å²) in [5.41, 5.74) is 12.5. The lowest BCUT2D eigenvalue weighted by molar-refractivity contribution is 0.668. The Morgan fingerprint density at radius 2 is 0.696 bits per heavy atom. The summed E-state index contributed by atoms with van der Waals surface area (Å²) in [7, 11) is 0. The van der Waals surface area contributed by atoms with Gasteiger partial charge in [-0.05, 0) is 63.7 Å². The molecule has 0 radical (unpaired) electrons. The predicted octanol–water partition coefficient (Wildman–Crippen LogP) is 13.7. The predicted molar refractivity (Wildman–Crippen MR) is 227 cm³/mol. The number of hydrogen-bond donors (Lipinski definition) is 0. The lowest BCUT2D eigenvalue weighted by Gasteiger charge is -2.11. The van der Waals surface area contributed by atoms with Gasteiger partial charge in [0.15, 0.2) is 17.5 Å². The van der Waals surface area contributed by atoms with Crippen molar-refractivity contribution in [3.8, 4) is 67.5 Å². The number of nitrogens with zero attached hydrogens (tertiary/aromatic N) is 3. The number of aromatic nitrogens is 3. The standard InChI is InChI=1S/C51H31N3O2/c1-4-13-32(14-5-1)33-25-27-36(28-26-33)49-52-50(37-29-30-40-45(31-37)56-42-22-10-19-38(46(40)42)34-15-6-2-7-16-34)54-51(53-49)41-21-12-24-44-48(41)47-39(20-11-23-43(47)55-44)35-17-8-3-9-18-35/h1-31H. The van der Waals surface area contributed by atoms with Gasteiger partial charge in [0.05, 0.1) is 0 Å². The molecule has 3 aromatic heterocycles. The average Bonchev–Trinajstić information content (AvgIpc) is 3.86. The molecule has 0 N–H and O–H groups in total. The third-order valence-electron chi connectivity index (χ3n) is 10.6. The maximum Gasteiger partial charge on any atom is 0.164 e. The second-order valence-electron chi connectivity index (χ2n) is 13.9. The Labute approximate surface area is 322 Å². The van der Waals surface area contributed by atoms with Gasteiger partial charge in [0.1, 0.15) is 22.3 Å².